The lowest BCUT2D eigenvalue weighted by molar-refractivity contribution is 0.227. The van der Waals surface area contributed by atoms with E-state index in [2.05, 4.69) is 17.1 Å². The van der Waals surface area contributed by atoms with Gasteiger partial charge in [-0.25, -0.2) is 18.2 Å². The maximum atomic E-state index is 14.8. The Labute approximate surface area is 192 Å². The Kier molecular flexibility index (Phi) is 5.85. The second-order valence-electron chi connectivity index (χ2n) is 8.31. The summed E-state index contributed by atoms with van der Waals surface area (Å²) >= 11 is 6.38. The lowest BCUT2D eigenvalue weighted by atomic mass is 9.96. The van der Waals surface area contributed by atoms with E-state index in [1.165, 1.54) is 10.4 Å². The van der Waals surface area contributed by atoms with E-state index in [4.69, 9.17) is 16.3 Å². The summed E-state index contributed by atoms with van der Waals surface area (Å²) in [5.41, 5.74) is 6.16. The highest BCUT2D eigenvalue weighted by Crippen LogP contribution is 2.39. The molecule has 1 aromatic carbocycles. The van der Waals surface area contributed by atoms with E-state index >= 15 is 0 Å². The third-order valence-electron chi connectivity index (χ3n) is 6.27. The summed E-state index contributed by atoms with van der Waals surface area (Å²) in [5.74, 6) is -0.0832. The number of allylic oxidation sites excluding steroid dienone is 2. The number of aryl methyl sites for hydroxylation is 1. The van der Waals surface area contributed by atoms with Gasteiger partial charge in [-0.05, 0) is 62.1 Å². The number of hydrogen-bond acceptors (Lipinski definition) is 6. The molecule has 172 valence electrons. The summed E-state index contributed by atoms with van der Waals surface area (Å²) in [6.07, 6.45) is 2.13. The van der Waals surface area contributed by atoms with Crippen LogP contribution in [0.5, 0.6) is 0 Å². The maximum absolute atomic E-state index is 14.8. The van der Waals surface area contributed by atoms with Crippen LogP contribution in [0.2, 0.25) is 0 Å². The second-order valence-corrected chi connectivity index (χ2v) is 10.7. The second kappa shape index (κ2) is 8.20. The zero-order valence-corrected chi connectivity index (χ0v) is 20.0. The summed E-state index contributed by atoms with van der Waals surface area (Å²) in [5, 5.41) is 3.88. The average molecular weight is 481 g/mol. The van der Waals surface area contributed by atoms with Crippen LogP contribution in [0.25, 0.3) is 0 Å². The number of fused-ring (bicyclic) bond motifs is 1. The Hall–Kier alpha value is -2.36. The minimum atomic E-state index is -3.93. The topological polar surface area (TPSA) is 74.2 Å². The Morgan fingerprint density at radius 1 is 1.38 bits per heavy atom. The molecule has 0 aromatic heterocycles. The molecule has 7 nitrogen and oxygen atoms in total. The number of nitrogens with one attached hydrogen (secondary N) is 1. The lowest BCUT2D eigenvalue weighted by Gasteiger charge is -2.43. The summed E-state index contributed by atoms with van der Waals surface area (Å²) in [7, 11) is -2.12. The van der Waals surface area contributed by atoms with Crippen molar-refractivity contribution in [3.63, 3.8) is 0 Å². The smallest absolute Gasteiger partial charge is 0.247 e. The number of sulfonamides is 1. The SMILES string of the molecule is C=C1NN=C(C(Cc2c(F)ccc(C)c2C)N2CN(C)C3=C(C)C(Cl)CC=C3S2(=O)=O)O1. The number of likely N-dealkylation sites (N-methyl/N-ethyl adjacent to an activating group) is 1. The molecule has 1 N–H and O–H groups in total. The molecule has 3 aliphatic rings. The van der Waals surface area contributed by atoms with Crippen molar-refractivity contribution in [2.75, 3.05) is 13.7 Å². The number of nitrogens with zero attached hydrogens (tertiary/aromatic N) is 3. The third-order valence-corrected chi connectivity index (χ3v) is 8.68. The van der Waals surface area contributed by atoms with E-state index in [1.54, 1.807) is 12.1 Å². The first kappa shape index (κ1) is 22.8. The highest BCUT2D eigenvalue weighted by molar-refractivity contribution is 7.93. The van der Waals surface area contributed by atoms with Gasteiger partial charge in [0.2, 0.25) is 21.8 Å². The van der Waals surface area contributed by atoms with Crippen molar-refractivity contribution in [2.45, 2.75) is 45.0 Å². The fourth-order valence-corrected chi connectivity index (χ4v) is 6.46. The molecule has 0 bridgehead atoms. The van der Waals surface area contributed by atoms with Gasteiger partial charge in [0, 0.05) is 13.5 Å². The molecule has 1 aliphatic carbocycles. The zero-order chi connectivity index (χ0) is 23.4. The van der Waals surface area contributed by atoms with Crippen LogP contribution >= 0.6 is 11.6 Å². The van der Waals surface area contributed by atoms with Gasteiger partial charge in [-0.15, -0.1) is 16.7 Å². The predicted molar refractivity (Wildman–Crippen MR) is 123 cm³/mol. The number of ether oxygens (including phenoxy) is 1. The molecule has 2 unspecified atom stereocenters. The summed E-state index contributed by atoms with van der Waals surface area (Å²) in [6, 6.07) is 2.23. The molecule has 32 heavy (non-hydrogen) atoms. The van der Waals surface area contributed by atoms with Crippen molar-refractivity contribution in [2.24, 2.45) is 5.10 Å². The molecule has 1 saturated heterocycles. The van der Waals surface area contributed by atoms with Crippen LogP contribution in [-0.2, 0) is 21.2 Å². The number of benzene rings is 1. The van der Waals surface area contributed by atoms with Gasteiger partial charge < -0.3 is 9.64 Å². The molecule has 10 heteroatoms. The quantitative estimate of drug-likeness (QED) is 0.668. The molecule has 2 heterocycles. The number of alkyl halides is 1. The largest absolute Gasteiger partial charge is 0.423 e. The van der Waals surface area contributed by atoms with Crippen molar-refractivity contribution < 1.29 is 17.5 Å². The van der Waals surface area contributed by atoms with Crippen LogP contribution in [0, 0.1) is 19.7 Å². The van der Waals surface area contributed by atoms with Crippen molar-refractivity contribution in [3.8, 4) is 0 Å². The highest BCUT2D eigenvalue weighted by atomic mass is 35.5. The molecule has 4 rings (SSSR count). The van der Waals surface area contributed by atoms with Gasteiger partial charge in [-0.1, -0.05) is 12.1 Å². The molecule has 2 atom stereocenters. The fourth-order valence-electron chi connectivity index (χ4n) is 4.32. The monoisotopic (exact) mass is 480 g/mol. The first-order valence-corrected chi connectivity index (χ1v) is 12.1. The third kappa shape index (κ3) is 3.72. The van der Waals surface area contributed by atoms with Gasteiger partial charge in [0.1, 0.15) is 16.8 Å². The molecular formula is C22H26ClFN4O3S. The Bertz CT molecular complexity index is 1190. The molecule has 1 aromatic rings. The van der Waals surface area contributed by atoms with Gasteiger partial charge in [0.15, 0.2) is 0 Å². The minimum absolute atomic E-state index is 0.0436. The molecule has 1 fully saturated rings. The number of rotatable bonds is 4. The van der Waals surface area contributed by atoms with Gasteiger partial charge in [-0.3, -0.25) is 0 Å². The molecule has 0 saturated carbocycles. The van der Waals surface area contributed by atoms with Crippen LogP contribution in [-0.4, -0.2) is 48.7 Å². The van der Waals surface area contributed by atoms with Crippen molar-refractivity contribution >= 4 is 27.5 Å². The Morgan fingerprint density at radius 2 is 2.09 bits per heavy atom. The van der Waals surface area contributed by atoms with Crippen molar-refractivity contribution in [1.29, 1.82) is 0 Å². The lowest BCUT2D eigenvalue weighted by Crippen LogP contribution is -2.55. The van der Waals surface area contributed by atoms with Gasteiger partial charge in [0.25, 0.3) is 0 Å². The van der Waals surface area contributed by atoms with E-state index in [9.17, 15) is 12.8 Å². The van der Waals surface area contributed by atoms with Gasteiger partial charge in [0.05, 0.1) is 17.7 Å². The van der Waals surface area contributed by atoms with E-state index in [0.717, 1.165) is 16.7 Å². The van der Waals surface area contributed by atoms with Crippen LogP contribution in [0.4, 0.5) is 4.39 Å². The van der Waals surface area contributed by atoms with E-state index < -0.39 is 21.9 Å². The molecule has 0 amide bonds. The predicted octanol–water partition coefficient (Wildman–Crippen LogP) is 3.46. The van der Waals surface area contributed by atoms with Crippen LogP contribution in [0.15, 0.2) is 51.9 Å². The van der Waals surface area contributed by atoms with E-state index in [1.807, 2.05) is 32.7 Å². The molecule has 0 spiro atoms. The standard InChI is InChI=1S/C22H26ClFN4O3S/c1-12-6-8-18(24)16(13(12)2)10-19(22-26-25-15(4)31-22)28-11-27(5)21-14(3)17(23)7-9-20(21)32(28,29)30/h6,8-9,17,19,25H,4,7,10-11H2,1-3,5H3. The van der Waals surface area contributed by atoms with E-state index in [0.29, 0.717) is 17.7 Å². The van der Waals surface area contributed by atoms with Gasteiger partial charge in [-0.2, -0.15) is 4.31 Å². The molecular weight excluding hydrogens is 455 g/mol. The van der Waals surface area contributed by atoms with Crippen molar-refractivity contribution in [1.82, 2.24) is 14.6 Å². The van der Waals surface area contributed by atoms with Gasteiger partial charge >= 0.3 is 0 Å². The average Bonchev–Trinajstić information content (AvgIpc) is 3.16. The maximum Gasteiger partial charge on any atom is 0.247 e. The zero-order valence-electron chi connectivity index (χ0n) is 18.4. The first-order chi connectivity index (χ1) is 15.0. The Morgan fingerprint density at radius 3 is 2.75 bits per heavy atom. The van der Waals surface area contributed by atoms with Crippen LogP contribution < -0.4 is 5.43 Å². The number of hydrazone groups is 1. The molecule has 0 radical (unpaired) electrons. The van der Waals surface area contributed by atoms with Crippen LogP contribution in [0.1, 0.15) is 30.0 Å². The highest BCUT2D eigenvalue weighted by Gasteiger charge is 2.46. The first-order valence-electron chi connectivity index (χ1n) is 10.3. The summed E-state index contributed by atoms with van der Waals surface area (Å²) in [4.78, 5) is 2.05. The number of halogens is 2. The van der Waals surface area contributed by atoms with Crippen LogP contribution in [0.3, 0.4) is 0 Å². The fraction of sp³-hybridized carbons (Fsp3) is 0.409. The van der Waals surface area contributed by atoms with Crippen molar-refractivity contribution in [3.05, 3.63) is 69.4 Å². The minimum Gasteiger partial charge on any atom is -0.423 e. The summed E-state index contributed by atoms with van der Waals surface area (Å²) in [6.45, 7) is 9.30. The molecule has 2 aliphatic heterocycles. The normalized spacial score (nSPS) is 23.9. The Balaban J connectivity index is 1.81. The van der Waals surface area contributed by atoms with E-state index in [-0.39, 0.29) is 35.2 Å². The summed E-state index contributed by atoms with van der Waals surface area (Å²) < 4.78 is 49.3. The number of hydrogen-bond donors (Lipinski definition) is 1.